The van der Waals surface area contributed by atoms with Crippen LogP contribution in [-0.4, -0.2) is 4.98 Å². The van der Waals surface area contributed by atoms with Crippen molar-refractivity contribution in [3.05, 3.63) is 103 Å². The maximum Gasteiger partial charge on any atom is 0.227 e. The number of nitrogens with one attached hydrogen (secondary N) is 1. The lowest BCUT2D eigenvalue weighted by Gasteiger charge is -2.12. The number of hydrogen-bond donors (Lipinski definition) is 1. The van der Waals surface area contributed by atoms with Gasteiger partial charge in [-0.15, -0.1) is 0 Å². The fourth-order valence-corrected chi connectivity index (χ4v) is 4.83. The zero-order valence-corrected chi connectivity index (χ0v) is 17.2. The van der Waals surface area contributed by atoms with Crippen molar-refractivity contribution in [3.63, 3.8) is 0 Å². The number of hydrogen-bond acceptors (Lipinski definition) is 3. The number of furan rings is 1. The predicted octanol–water partition coefficient (Wildman–Crippen LogP) is 8.18. The number of nitrogens with zero attached hydrogens (tertiary/aromatic N) is 1. The molecule has 3 heteroatoms. The summed E-state index contributed by atoms with van der Waals surface area (Å²) in [5.74, 6) is 0. The molecule has 0 aliphatic heterocycles. The van der Waals surface area contributed by atoms with Gasteiger partial charge in [-0.25, -0.2) is 4.98 Å². The van der Waals surface area contributed by atoms with Crippen LogP contribution >= 0.6 is 0 Å². The van der Waals surface area contributed by atoms with Gasteiger partial charge in [0, 0.05) is 11.1 Å². The van der Waals surface area contributed by atoms with Gasteiger partial charge in [-0.1, -0.05) is 72.8 Å². The Balaban J connectivity index is 1.41. The van der Waals surface area contributed by atoms with Crippen molar-refractivity contribution in [1.29, 1.82) is 0 Å². The lowest BCUT2D eigenvalue weighted by Crippen LogP contribution is -1.92. The highest BCUT2D eigenvalue weighted by molar-refractivity contribution is 6.25. The molecule has 32 heavy (non-hydrogen) atoms. The van der Waals surface area contributed by atoms with Crippen LogP contribution in [0.25, 0.3) is 54.4 Å². The van der Waals surface area contributed by atoms with Gasteiger partial charge < -0.3 is 9.73 Å². The molecule has 0 bridgehead atoms. The number of anilines is 2. The molecule has 0 saturated carbocycles. The summed E-state index contributed by atoms with van der Waals surface area (Å²) < 4.78 is 5.87. The normalized spacial score (nSPS) is 11.8. The molecule has 5 aromatic carbocycles. The standard InChI is InChI=1S/C29H18N2O/c1-2-9-22-20(7-1)21-8-3-4-10-23(21)26-15-18(13-14-24(22)26)31-19-16-27-25-11-5-6-12-28(25)32-29(27)30-17-19/h1-17,31H. The molecule has 0 fully saturated rings. The molecule has 0 amide bonds. The van der Waals surface area contributed by atoms with Crippen molar-refractivity contribution < 1.29 is 4.42 Å². The minimum Gasteiger partial charge on any atom is -0.438 e. The van der Waals surface area contributed by atoms with Crippen molar-refractivity contribution in [2.45, 2.75) is 0 Å². The molecular formula is C29H18N2O. The van der Waals surface area contributed by atoms with E-state index in [9.17, 15) is 0 Å². The van der Waals surface area contributed by atoms with Gasteiger partial charge in [0.1, 0.15) is 5.58 Å². The third-order valence-electron chi connectivity index (χ3n) is 6.27. The van der Waals surface area contributed by atoms with Gasteiger partial charge in [-0.2, -0.15) is 0 Å². The Morgan fingerprint density at radius 2 is 1.06 bits per heavy atom. The van der Waals surface area contributed by atoms with Gasteiger partial charge in [0.15, 0.2) is 0 Å². The lowest BCUT2D eigenvalue weighted by atomic mass is 9.94. The van der Waals surface area contributed by atoms with Crippen molar-refractivity contribution in [2.75, 3.05) is 5.32 Å². The largest absolute Gasteiger partial charge is 0.438 e. The molecule has 0 aliphatic carbocycles. The molecule has 3 nitrogen and oxygen atoms in total. The van der Waals surface area contributed by atoms with Crippen LogP contribution in [0.2, 0.25) is 0 Å². The smallest absolute Gasteiger partial charge is 0.227 e. The number of benzene rings is 5. The van der Waals surface area contributed by atoms with Gasteiger partial charge >= 0.3 is 0 Å². The van der Waals surface area contributed by atoms with Crippen molar-refractivity contribution in [3.8, 4) is 0 Å². The monoisotopic (exact) mass is 410 g/mol. The van der Waals surface area contributed by atoms with Crippen LogP contribution < -0.4 is 5.32 Å². The summed E-state index contributed by atoms with van der Waals surface area (Å²) in [5.41, 5.74) is 3.49. The average Bonchev–Trinajstić information content (AvgIpc) is 3.22. The van der Waals surface area contributed by atoms with E-state index in [-0.39, 0.29) is 0 Å². The highest BCUT2D eigenvalue weighted by Crippen LogP contribution is 2.37. The summed E-state index contributed by atoms with van der Waals surface area (Å²) in [5, 5.41) is 13.3. The molecular weight excluding hydrogens is 392 g/mol. The van der Waals surface area contributed by atoms with Crippen molar-refractivity contribution >= 4 is 65.8 Å². The third kappa shape index (κ3) is 2.51. The van der Waals surface area contributed by atoms with Gasteiger partial charge in [-0.05, 0) is 56.6 Å². The molecule has 0 atom stereocenters. The molecule has 150 valence electrons. The number of fused-ring (bicyclic) bond motifs is 9. The Labute approximate surface area is 183 Å². The van der Waals surface area contributed by atoms with Gasteiger partial charge in [-0.3, -0.25) is 0 Å². The summed E-state index contributed by atoms with van der Waals surface area (Å²) >= 11 is 0. The van der Waals surface area contributed by atoms with E-state index < -0.39 is 0 Å². The summed E-state index contributed by atoms with van der Waals surface area (Å²) in [6.07, 6.45) is 1.83. The molecule has 0 aliphatic rings. The maximum atomic E-state index is 5.87. The second-order valence-corrected chi connectivity index (χ2v) is 8.15. The van der Waals surface area contributed by atoms with Gasteiger partial charge in [0.25, 0.3) is 0 Å². The third-order valence-corrected chi connectivity index (χ3v) is 6.27. The fraction of sp³-hybridized carbons (Fsp3) is 0. The first-order valence-corrected chi connectivity index (χ1v) is 10.7. The quantitative estimate of drug-likeness (QED) is 0.292. The fourth-order valence-electron chi connectivity index (χ4n) is 4.83. The van der Waals surface area contributed by atoms with E-state index in [1.807, 2.05) is 24.4 Å². The van der Waals surface area contributed by atoms with Gasteiger partial charge in [0.2, 0.25) is 5.71 Å². The van der Waals surface area contributed by atoms with E-state index in [2.05, 4.69) is 89.2 Å². The molecule has 2 heterocycles. The zero-order valence-electron chi connectivity index (χ0n) is 17.2. The Morgan fingerprint density at radius 1 is 0.500 bits per heavy atom. The number of rotatable bonds is 2. The first kappa shape index (κ1) is 17.3. The number of para-hydroxylation sites is 1. The Hall–Kier alpha value is -4.37. The predicted molar refractivity (Wildman–Crippen MR) is 134 cm³/mol. The van der Waals surface area contributed by atoms with Crippen LogP contribution in [0.3, 0.4) is 0 Å². The molecule has 0 spiro atoms. The second kappa shape index (κ2) is 6.56. The zero-order chi connectivity index (χ0) is 21.1. The minimum atomic E-state index is 0.660. The Kier molecular flexibility index (Phi) is 3.55. The van der Waals surface area contributed by atoms with E-state index in [1.165, 1.54) is 32.3 Å². The molecule has 7 aromatic rings. The SMILES string of the molecule is c1ccc2c(c1)oc1ncc(Nc3ccc4c5ccccc5c5ccccc5c4c3)cc12. The summed E-state index contributed by atoms with van der Waals surface area (Å²) in [6.45, 7) is 0. The molecule has 7 rings (SSSR count). The second-order valence-electron chi connectivity index (χ2n) is 8.15. The molecule has 0 saturated heterocycles. The summed E-state index contributed by atoms with van der Waals surface area (Å²) in [4.78, 5) is 4.54. The minimum absolute atomic E-state index is 0.660. The molecule has 2 aromatic heterocycles. The maximum absolute atomic E-state index is 5.87. The van der Waals surface area contributed by atoms with Crippen LogP contribution in [0, 0.1) is 0 Å². The summed E-state index contributed by atoms with van der Waals surface area (Å²) in [7, 11) is 0. The first-order chi connectivity index (χ1) is 15.8. The van der Waals surface area contributed by atoms with Crippen LogP contribution in [0.5, 0.6) is 0 Å². The molecule has 0 unspecified atom stereocenters. The van der Waals surface area contributed by atoms with E-state index in [0.717, 1.165) is 27.7 Å². The number of aromatic nitrogens is 1. The lowest BCUT2D eigenvalue weighted by molar-refractivity contribution is 0.654. The highest BCUT2D eigenvalue weighted by Gasteiger charge is 2.11. The van der Waals surface area contributed by atoms with E-state index in [1.54, 1.807) is 0 Å². The Morgan fingerprint density at radius 3 is 1.78 bits per heavy atom. The van der Waals surface area contributed by atoms with Crippen molar-refractivity contribution in [2.24, 2.45) is 0 Å². The van der Waals surface area contributed by atoms with Gasteiger partial charge in [0.05, 0.1) is 17.3 Å². The van der Waals surface area contributed by atoms with E-state index in [4.69, 9.17) is 4.42 Å². The highest BCUT2D eigenvalue weighted by atomic mass is 16.3. The average molecular weight is 410 g/mol. The van der Waals surface area contributed by atoms with Crippen molar-refractivity contribution in [1.82, 2.24) is 4.98 Å². The molecule has 0 radical (unpaired) electrons. The van der Waals surface area contributed by atoms with Crippen LogP contribution in [0.1, 0.15) is 0 Å². The van der Waals surface area contributed by atoms with E-state index in [0.29, 0.717) is 5.71 Å². The van der Waals surface area contributed by atoms with E-state index >= 15 is 0 Å². The van der Waals surface area contributed by atoms with Crippen LogP contribution in [-0.2, 0) is 0 Å². The van der Waals surface area contributed by atoms with Crippen LogP contribution in [0.4, 0.5) is 11.4 Å². The first-order valence-electron chi connectivity index (χ1n) is 10.7. The Bertz CT molecular complexity index is 1780. The summed E-state index contributed by atoms with van der Waals surface area (Å²) in [6, 6.07) is 34.0. The molecule has 1 N–H and O–H groups in total. The number of pyridine rings is 1. The topological polar surface area (TPSA) is 38.1 Å². The van der Waals surface area contributed by atoms with Crippen LogP contribution in [0.15, 0.2) is 108 Å².